The van der Waals surface area contributed by atoms with Crippen molar-refractivity contribution in [3.63, 3.8) is 0 Å². The minimum Gasteiger partial charge on any atom is -0.332 e. The molecular weight excluding hydrogens is 335 g/mol. The molecule has 3 rings (SSSR count). The summed E-state index contributed by atoms with van der Waals surface area (Å²) in [5, 5.41) is 11.2. The first-order valence-corrected chi connectivity index (χ1v) is 8.48. The normalized spacial score (nSPS) is 10.5. The molecule has 0 saturated carbocycles. The second-order valence-electron chi connectivity index (χ2n) is 5.61. The van der Waals surface area contributed by atoms with Gasteiger partial charge in [0.2, 0.25) is 0 Å². The highest BCUT2D eigenvalue weighted by molar-refractivity contribution is 7.80. The number of anilines is 2. The number of thiocarbonyl (C=S) groups is 1. The Labute approximate surface area is 151 Å². The quantitative estimate of drug-likeness (QED) is 0.665. The number of halogens is 1. The van der Waals surface area contributed by atoms with Gasteiger partial charge in [0, 0.05) is 18.0 Å². The molecule has 6 heteroatoms. The Morgan fingerprint density at radius 2 is 1.84 bits per heavy atom. The van der Waals surface area contributed by atoms with Gasteiger partial charge in [0.1, 0.15) is 5.82 Å². The molecule has 2 N–H and O–H groups in total. The van der Waals surface area contributed by atoms with Crippen LogP contribution in [0.5, 0.6) is 0 Å². The second-order valence-corrected chi connectivity index (χ2v) is 6.02. The van der Waals surface area contributed by atoms with Crippen LogP contribution >= 0.6 is 12.2 Å². The van der Waals surface area contributed by atoms with Gasteiger partial charge in [0.05, 0.1) is 6.54 Å². The Balaban J connectivity index is 1.61. The summed E-state index contributed by atoms with van der Waals surface area (Å²) in [7, 11) is 0. The van der Waals surface area contributed by atoms with Gasteiger partial charge in [-0.15, -0.1) is 0 Å². The molecule has 2 aromatic carbocycles. The minimum atomic E-state index is -0.240. The van der Waals surface area contributed by atoms with Gasteiger partial charge in [-0.3, -0.25) is 4.68 Å². The van der Waals surface area contributed by atoms with Crippen LogP contribution in [0, 0.1) is 5.82 Å². The first-order valence-electron chi connectivity index (χ1n) is 8.08. The SMILES string of the molecule is CCc1ccccc1NC(=S)Nc1ccn(Cc2ccc(F)cc2)n1. The van der Waals surface area contributed by atoms with Gasteiger partial charge < -0.3 is 10.6 Å². The number of para-hydroxylation sites is 1. The summed E-state index contributed by atoms with van der Waals surface area (Å²) in [6.07, 6.45) is 2.78. The zero-order valence-electron chi connectivity index (χ0n) is 13.9. The number of nitrogens with one attached hydrogen (secondary N) is 2. The van der Waals surface area contributed by atoms with E-state index >= 15 is 0 Å². The maximum Gasteiger partial charge on any atom is 0.176 e. The predicted octanol–water partition coefficient (Wildman–Crippen LogP) is 4.44. The van der Waals surface area contributed by atoms with Crippen LogP contribution in [0.4, 0.5) is 15.9 Å². The first kappa shape index (κ1) is 17.1. The third-order valence-corrected chi connectivity index (χ3v) is 3.99. The lowest BCUT2D eigenvalue weighted by Crippen LogP contribution is -2.20. The van der Waals surface area contributed by atoms with Crippen LogP contribution in [0.25, 0.3) is 0 Å². The second kappa shape index (κ2) is 7.90. The van der Waals surface area contributed by atoms with E-state index in [-0.39, 0.29) is 5.82 Å². The summed E-state index contributed by atoms with van der Waals surface area (Å²) >= 11 is 5.37. The van der Waals surface area contributed by atoms with Crippen LogP contribution in [0.15, 0.2) is 60.8 Å². The summed E-state index contributed by atoms with van der Waals surface area (Å²) in [6.45, 7) is 2.68. The zero-order valence-corrected chi connectivity index (χ0v) is 14.7. The van der Waals surface area contributed by atoms with Gasteiger partial charge in [-0.25, -0.2) is 4.39 Å². The van der Waals surface area contributed by atoms with E-state index in [1.54, 1.807) is 16.8 Å². The molecule has 0 aliphatic carbocycles. The fraction of sp³-hybridized carbons (Fsp3) is 0.158. The van der Waals surface area contributed by atoms with Gasteiger partial charge in [-0.05, 0) is 48.0 Å². The van der Waals surface area contributed by atoms with Crippen molar-refractivity contribution in [1.29, 1.82) is 0 Å². The van der Waals surface area contributed by atoms with Crippen LogP contribution in [0.1, 0.15) is 18.1 Å². The average Bonchev–Trinajstić information content (AvgIpc) is 3.04. The molecule has 25 heavy (non-hydrogen) atoms. The maximum atomic E-state index is 13.0. The standard InChI is InChI=1S/C19H19FN4S/c1-2-15-5-3-4-6-17(15)21-19(25)22-18-11-12-24(23-18)13-14-7-9-16(20)10-8-14/h3-12H,2,13H2,1H3,(H2,21,22,23,25). The van der Waals surface area contributed by atoms with Gasteiger partial charge in [-0.1, -0.05) is 37.3 Å². The fourth-order valence-corrected chi connectivity index (χ4v) is 2.73. The van der Waals surface area contributed by atoms with Crippen LogP contribution in [0.2, 0.25) is 0 Å². The Bertz CT molecular complexity index is 858. The molecule has 4 nitrogen and oxygen atoms in total. The lowest BCUT2D eigenvalue weighted by atomic mass is 10.1. The molecule has 0 saturated heterocycles. The number of aromatic nitrogens is 2. The molecule has 0 aliphatic rings. The molecule has 0 atom stereocenters. The van der Waals surface area contributed by atoms with Gasteiger partial charge in [-0.2, -0.15) is 5.10 Å². The third kappa shape index (κ3) is 4.64. The van der Waals surface area contributed by atoms with E-state index in [0.29, 0.717) is 17.5 Å². The molecule has 0 unspecified atom stereocenters. The van der Waals surface area contributed by atoms with Gasteiger partial charge in [0.15, 0.2) is 10.9 Å². The maximum absolute atomic E-state index is 13.0. The molecule has 0 bridgehead atoms. The topological polar surface area (TPSA) is 41.9 Å². The molecular formula is C19H19FN4S. The van der Waals surface area contributed by atoms with Crippen molar-refractivity contribution in [3.8, 4) is 0 Å². The van der Waals surface area contributed by atoms with Crippen molar-refractivity contribution in [3.05, 3.63) is 77.7 Å². The summed E-state index contributed by atoms with van der Waals surface area (Å²) < 4.78 is 14.7. The highest BCUT2D eigenvalue weighted by atomic mass is 32.1. The van der Waals surface area contributed by atoms with Crippen molar-refractivity contribution in [1.82, 2.24) is 9.78 Å². The minimum absolute atomic E-state index is 0.240. The van der Waals surface area contributed by atoms with Crippen LogP contribution in [0.3, 0.4) is 0 Å². The van der Waals surface area contributed by atoms with Crippen molar-refractivity contribution in [2.45, 2.75) is 19.9 Å². The van der Waals surface area contributed by atoms with E-state index in [9.17, 15) is 4.39 Å². The number of hydrogen-bond acceptors (Lipinski definition) is 2. The molecule has 0 radical (unpaired) electrons. The highest BCUT2D eigenvalue weighted by Crippen LogP contribution is 2.16. The lowest BCUT2D eigenvalue weighted by molar-refractivity contribution is 0.624. The summed E-state index contributed by atoms with van der Waals surface area (Å²) in [6, 6.07) is 16.3. The number of rotatable bonds is 5. The Morgan fingerprint density at radius 3 is 2.60 bits per heavy atom. The lowest BCUT2D eigenvalue weighted by Gasteiger charge is -2.12. The van der Waals surface area contributed by atoms with E-state index in [0.717, 1.165) is 17.7 Å². The molecule has 1 aromatic heterocycles. The van der Waals surface area contributed by atoms with E-state index in [2.05, 4.69) is 28.7 Å². The van der Waals surface area contributed by atoms with Crippen molar-refractivity contribution < 1.29 is 4.39 Å². The summed E-state index contributed by atoms with van der Waals surface area (Å²) in [5.41, 5.74) is 3.18. The van der Waals surface area contributed by atoms with Crippen molar-refractivity contribution in [2.24, 2.45) is 0 Å². The molecule has 0 amide bonds. The molecule has 1 heterocycles. The van der Waals surface area contributed by atoms with Crippen LogP contribution in [-0.4, -0.2) is 14.9 Å². The monoisotopic (exact) mass is 354 g/mol. The largest absolute Gasteiger partial charge is 0.332 e. The van der Waals surface area contributed by atoms with E-state index < -0.39 is 0 Å². The highest BCUT2D eigenvalue weighted by Gasteiger charge is 2.05. The number of nitrogens with zero attached hydrogens (tertiary/aromatic N) is 2. The van der Waals surface area contributed by atoms with Gasteiger partial charge in [0.25, 0.3) is 0 Å². The fourth-order valence-electron chi connectivity index (χ4n) is 2.51. The van der Waals surface area contributed by atoms with Crippen molar-refractivity contribution in [2.75, 3.05) is 10.6 Å². The molecule has 3 aromatic rings. The predicted molar refractivity (Wildman–Crippen MR) is 103 cm³/mol. The van der Waals surface area contributed by atoms with E-state index in [4.69, 9.17) is 12.2 Å². The summed E-state index contributed by atoms with van der Waals surface area (Å²) in [5.74, 6) is 0.420. The zero-order chi connectivity index (χ0) is 17.6. The Morgan fingerprint density at radius 1 is 1.08 bits per heavy atom. The average molecular weight is 354 g/mol. The smallest absolute Gasteiger partial charge is 0.176 e. The molecule has 128 valence electrons. The number of aryl methyl sites for hydroxylation is 1. The van der Waals surface area contributed by atoms with Crippen LogP contribution in [-0.2, 0) is 13.0 Å². The van der Waals surface area contributed by atoms with Crippen LogP contribution < -0.4 is 10.6 Å². The Kier molecular flexibility index (Phi) is 5.40. The Hall–Kier alpha value is -2.73. The van der Waals surface area contributed by atoms with E-state index in [1.807, 2.05) is 30.5 Å². The molecule has 0 fully saturated rings. The summed E-state index contributed by atoms with van der Waals surface area (Å²) in [4.78, 5) is 0. The van der Waals surface area contributed by atoms with Gasteiger partial charge >= 0.3 is 0 Å². The number of benzene rings is 2. The first-order chi connectivity index (χ1) is 12.1. The van der Waals surface area contributed by atoms with Crippen molar-refractivity contribution >= 4 is 28.8 Å². The third-order valence-electron chi connectivity index (χ3n) is 3.79. The number of hydrogen-bond donors (Lipinski definition) is 2. The molecule has 0 aliphatic heterocycles. The van der Waals surface area contributed by atoms with E-state index in [1.165, 1.54) is 17.7 Å². The molecule has 0 spiro atoms.